The Balaban J connectivity index is 1.71. The van der Waals surface area contributed by atoms with Gasteiger partial charge in [0.15, 0.2) is 11.6 Å². The summed E-state index contributed by atoms with van der Waals surface area (Å²) in [4.78, 5) is 24.2. The largest absolute Gasteiger partial charge is 0.421 e. The van der Waals surface area contributed by atoms with Crippen LogP contribution in [0.2, 0.25) is 5.02 Å². The molecule has 0 unspecified atom stereocenters. The quantitative estimate of drug-likeness (QED) is 0.224. The lowest BCUT2D eigenvalue weighted by Crippen LogP contribution is -2.07. The smallest absolute Gasteiger partial charge is 0.322 e. The van der Waals surface area contributed by atoms with Gasteiger partial charge in [-0.2, -0.15) is 10.2 Å². The number of ether oxygens (including phenoxy) is 1. The van der Waals surface area contributed by atoms with Crippen molar-refractivity contribution in [3.8, 4) is 40.2 Å². The minimum Gasteiger partial charge on any atom is -0.421 e. The molecule has 9 nitrogen and oxygen atoms in total. The zero-order chi connectivity index (χ0) is 29.4. The Bertz CT molecular complexity index is 1930. The zero-order valence-corrected chi connectivity index (χ0v) is 23.0. The summed E-state index contributed by atoms with van der Waals surface area (Å²) >= 11 is 5.99. The molecule has 0 saturated carbocycles. The Morgan fingerprint density at radius 3 is 2.66 bits per heavy atom. The third kappa shape index (κ3) is 4.95. The van der Waals surface area contributed by atoms with Gasteiger partial charge in [0.05, 0.1) is 39.1 Å². The second-order valence-electron chi connectivity index (χ2n) is 9.23. The fourth-order valence-corrected chi connectivity index (χ4v) is 4.80. The highest BCUT2D eigenvalue weighted by atomic mass is 35.5. The first-order chi connectivity index (χ1) is 19.6. The number of pyridine rings is 1. The van der Waals surface area contributed by atoms with E-state index in [0.717, 1.165) is 11.1 Å². The summed E-state index contributed by atoms with van der Waals surface area (Å²) in [7, 11) is 1.81. The summed E-state index contributed by atoms with van der Waals surface area (Å²) in [5.41, 5.74) is 11.7. The van der Waals surface area contributed by atoms with E-state index in [4.69, 9.17) is 22.1 Å². The van der Waals surface area contributed by atoms with Crippen LogP contribution in [0.25, 0.3) is 33.3 Å². The molecule has 11 heteroatoms. The van der Waals surface area contributed by atoms with Crippen molar-refractivity contribution in [2.45, 2.75) is 13.8 Å². The number of fused-ring (bicyclic) bond motifs is 1. The van der Waals surface area contributed by atoms with Gasteiger partial charge >= 0.3 is 6.01 Å². The van der Waals surface area contributed by atoms with Gasteiger partial charge in [0.25, 0.3) is 0 Å². The number of anilines is 2. The van der Waals surface area contributed by atoms with Gasteiger partial charge in [-0.1, -0.05) is 30.3 Å². The molecule has 0 saturated heterocycles. The first kappa shape index (κ1) is 27.3. The summed E-state index contributed by atoms with van der Waals surface area (Å²) < 4.78 is 23.0. The molecule has 0 fully saturated rings. The van der Waals surface area contributed by atoms with Gasteiger partial charge in [-0.05, 0) is 55.3 Å². The number of nitrogens with two attached hydrogens (primary N) is 1. The predicted molar refractivity (Wildman–Crippen MR) is 156 cm³/mol. The minimum atomic E-state index is -0.663. The average Bonchev–Trinajstić information content (AvgIpc) is 3.25. The van der Waals surface area contributed by atoms with Crippen LogP contribution in [0.15, 0.2) is 61.4 Å². The minimum absolute atomic E-state index is 0.0456. The van der Waals surface area contributed by atoms with Crippen LogP contribution < -0.4 is 15.8 Å². The van der Waals surface area contributed by atoms with Gasteiger partial charge in [-0.15, -0.1) is 0 Å². The van der Waals surface area contributed by atoms with E-state index in [-0.39, 0.29) is 23.5 Å². The van der Waals surface area contributed by atoms with E-state index < -0.39 is 5.82 Å². The van der Waals surface area contributed by atoms with Crippen LogP contribution in [-0.2, 0) is 11.8 Å². The fourth-order valence-electron chi connectivity index (χ4n) is 4.70. The number of nitrogens with one attached hydrogen (secondary N) is 1. The standard InChI is InChI=1S/C30H23ClFN7O2/c1-5-24(40)38-19-7-8-20(15(2)10-19)28-25(26-27(39(28)4)18(12-33)13-35-29(26)34)17-6-9-23(22(32)11-17)41-30-36-14-21(31)16(3)37-30/h5-11,13-14H,1H2,2-4H3,(H2,34,35)(H,38,40). The highest BCUT2D eigenvalue weighted by Gasteiger charge is 2.25. The highest BCUT2D eigenvalue weighted by Crippen LogP contribution is 2.45. The molecule has 0 aliphatic rings. The van der Waals surface area contributed by atoms with Gasteiger partial charge in [-0.3, -0.25) is 4.79 Å². The Morgan fingerprint density at radius 1 is 1.22 bits per heavy atom. The van der Waals surface area contributed by atoms with Crippen molar-refractivity contribution in [1.82, 2.24) is 19.5 Å². The second kappa shape index (κ2) is 10.7. The number of rotatable bonds is 6. The maximum Gasteiger partial charge on any atom is 0.322 e. The Labute approximate surface area is 239 Å². The third-order valence-corrected chi connectivity index (χ3v) is 6.98. The van der Waals surface area contributed by atoms with Crippen molar-refractivity contribution < 1.29 is 13.9 Å². The Morgan fingerprint density at radius 2 is 2.00 bits per heavy atom. The number of benzene rings is 2. The molecule has 0 spiro atoms. The number of nitriles is 1. The van der Waals surface area contributed by atoms with Gasteiger partial charge in [0, 0.05) is 30.1 Å². The molecule has 5 aromatic rings. The molecule has 0 bridgehead atoms. The number of amides is 1. The fraction of sp³-hybridized carbons (Fsp3) is 0.100. The third-order valence-electron chi connectivity index (χ3n) is 6.61. The van der Waals surface area contributed by atoms with E-state index >= 15 is 4.39 Å². The average molecular weight is 568 g/mol. The molecule has 0 radical (unpaired) electrons. The summed E-state index contributed by atoms with van der Waals surface area (Å²) in [6.45, 7) is 7.06. The molecule has 0 atom stereocenters. The van der Waals surface area contributed by atoms with Gasteiger partial charge in [0.1, 0.15) is 11.9 Å². The van der Waals surface area contributed by atoms with Crippen LogP contribution in [0.4, 0.5) is 15.9 Å². The van der Waals surface area contributed by atoms with Crippen molar-refractivity contribution in [2.75, 3.05) is 11.1 Å². The van der Waals surface area contributed by atoms with Gasteiger partial charge in [0.2, 0.25) is 5.91 Å². The number of nitrogens with zero attached hydrogens (tertiary/aromatic N) is 5. The molecule has 2 aromatic carbocycles. The Hall–Kier alpha value is -5.27. The molecule has 5 rings (SSSR count). The number of aryl methyl sites for hydroxylation is 3. The lowest BCUT2D eigenvalue weighted by Gasteiger charge is -2.14. The van der Waals surface area contributed by atoms with Crippen molar-refractivity contribution in [2.24, 2.45) is 7.05 Å². The summed E-state index contributed by atoms with van der Waals surface area (Å²) in [6, 6.07) is 12.0. The lowest BCUT2D eigenvalue weighted by molar-refractivity contribution is -0.111. The number of hydrogen-bond acceptors (Lipinski definition) is 7. The van der Waals surface area contributed by atoms with Crippen molar-refractivity contribution in [3.05, 3.63) is 89.1 Å². The maximum atomic E-state index is 15.5. The van der Waals surface area contributed by atoms with Crippen molar-refractivity contribution >= 4 is 39.9 Å². The summed E-state index contributed by atoms with van der Waals surface area (Å²) in [5, 5.41) is 13.5. The van der Waals surface area contributed by atoms with Crippen LogP contribution in [-0.4, -0.2) is 25.4 Å². The highest BCUT2D eigenvalue weighted by molar-refractivity contribution is 6.31. The monoisotopic (exact) mass is 567 g/mol. The van der Waals surface area contributed by atoms with E-state index in [1.807, 2.05) is 30.7 Å². The maximum absolute atomic E-state index is 15.5. The second-order valence-corrected chi connectivity index (χ2v) is 9.64. The molecule has 3 aromatic heterocycles. The number of aromatic nitrogens is 4. The molecule has 1 amide bonds. The number of halogens is 2. The van der Waals surface area contributed by atoms with Crippen LogP contribution in [0, 0.1) is 31.0 Å². The molecule has 0 aliphatic heterocycles. The first-order valence-electron chi connectivity index (χ1n) is 12.3. The number of nitrogen functional groups attached to an aromatic ring is 1. The lowest BCUT2D eigenvalue weighted by atomic mass is 9.95. The van der Waals surface area contributed by atoms with E-state index in [1.165, 1.54) is 30.6 Å². The van der Waals surface area contributed by atoms with E-state index in [0.29, 0.717) is 49.7 Å². The normalized spacial score (nSPS) is 10.8. The first-order valence-corrected chi connectivity index (χ1v) is 12.7. The van der Waals surface area contributed by atoms with E-state index in [2.05, 4.69) is 32.9 Å². The van der Waals surface area contributed by atoms with Crippen LogP contribution in [0.5, 0.6) is 11.8 Å². The predicted octanol–water partition coefficient (Wildman–Crippen LogP) is 6.48. The van der Waals surface area contributed by atoms with Crippen molar-refractivity contribution in [3.63, 3.8) is 0 Å². The molecular formula is C30H23ClFN7O2. The molecular weight excluding hydrogens is 545 g/mol. The molecule has 41 heavy (non-hydrogen) atoms. The SMILES string of the molecule is C=CC(=O)Nc1ccc(-c2c(-c3ccc(Oc4ncc(Cl)c(C)n4)c(F)c3)c3c(N)ncc(C#N)c3n2C)c(C)c1. The van der Waals surface area contributed by atoms with Gasteiger partial charge in [-0.25, -0.2) is 14.4 Å². The summed E-state index contributed by atoms with van der Waals surface area (Å²) in [5.74, 6) is -0.894. The summed E-state index contributed by atoms with van der Waals surface area (Å²) in [6.07, 6.45) is 3.98. The zero-order valence-electron chi connectivity index (χ0n) is 22.3. The topological polar surface area (TPSA) is 132 Å². The van der Waals surface area contributed by atoms with Crippen LogP contribution >= 0.6 is 11.6 Å². The molecule has 3 N–H and O–H groups in total. The van der Waals surface area contributed by atoms with E-state index in [9.17, 15) is 10.1 Å². The number of carbonyl (C=O) groups excluding carboxylic acids is 1. The van der Waals surface area contributed by atoms with Gasteiger partial charge < -0.3 is 20.4 Å². The number of carbonyl (C=O) groups is 1. The Kier molecular flexibility index (Phi) is 7.13. The molecule has 204 valence electrons. The number of hydrogen-bond donors (Lipinski definition) is 2. The van der Waals surface area contributed by atoms with E-state index in [1.54, 1.807) is 19.1 Å². The molecule has 0 aliphatic carbocycles. The van der Waals surface area contributed by atoms with Crippen LogP contribution in [0.3, 0.4) is 0 Å². The molecule has 3 heterocycles. The van der Waals surface area contributed by atoms with Crippen molar-refractivity contribution in [1.29, 1.82) is 5.26 Å². The van der Waals surface area contributed by atoms with Crippen LogP contribution in [0.1, 0.15) is 16.8 Å².